The van der Waals surface area contributed by atoms with Gasteiger partial charge in [0.25, 0.3) is 5.91 Å². The zero-order valence-electron chi connectivity index (χ0n) is 14.2. The maximum absolute atomic E-state index is 12.8. The first-order chi connectivity index (χ1) is 13.0. The third-order valence-corrected chi connectivity index (χ3v) is 4.72. The largest absolute Gasteiger partial charge is 0.480 e. The van der Waals surface area contributed by atoms with Gasteiger partial charge in [-0.15, -0.1) is 11.3 Å². The molecule has 0 atom stereocenters. The van der Waals surface area contributed by atoms with Gasteiger partial charge in [-0.25, -0.2) is 4.98 Å². The summed E-state index contributed by atoms with van der Waals surface area (Å²) >= 11 is 1.51. The van der Waals surface area contributed by atoms with Crippen molar-refractivity contribution in [2.24, 2.45) is 0 Å². The first kappa shape index (κ1) is 17.0. The fraction of sp³-hybridized carbons (Fsp3) is 0.105. The number of ether oxygens (including phenoxy) is 1. The molecule has 3 aromatic rings. The summed E-state index contributed by atoms with van der Waals surface area (Å²) in [6.07, 6.45) is 2.92. The number of aliphatic carboxylic acids is 1. The van der Waals surface area contributed by atoms with Gasteiger partial charge in [-0.2, -0.15) is 0 Å². The Kier molecular flexibility index (Phi) is 4.25. The van der Waals surface area contributed by atoms with E-state index >= 15 is 0 Å². The first-order valence-corrected chi connectivity index (χ1v) is 8.92. The highest BCUT2D eigenvalue weighted by atomic mass is 32.1. The Balaban J connectivity index is 1.78. The Labute approximate surface area is 158 Å². The number of furan rings is 1. The summed E-state index contributed by atoms with van der Waals surface area (Å²) in [4.78, 5) is 29.8. The lowest BCUT2D eigenvalue weighted by Gasteiger charge is -2.29. The molecule has 27 heavy (non-hydrogen) atoms. The van der Waals surface area contributed by atoms with E-state index in [4.69, 9.17) is 9.15 Å². The van der Waals surface area contributed by atoms with Gasteiger partial charge in [0.15, 0.2) is 11.5 Å². The number of fused-ring (bicyclic) bond motifs is 1. The van der Waals surface area contributed by atoms with Crippen LogP contribution < -0.4 is 9.64 Å². The summed E-state index contributed by atoms with van der Waals surface area (Å²) in [7, 11) is 0. The molecule has 7 nitrogen and oxygen atoms in total. The number of carbonyl (C=O) groups excluding carboxylic acids is 1. The van der Waals surface area contributed by atoms with Crippen LogP contribution in [0.2, 0.25) is 0 Å². The van der Waals surface area contributed by atoms with Crippen LogP contribution in [0.15, 0.2) is 52.2 Å². The number of rotatable bonds is 4. The second kappa shape index (κ2) is 6.73. The second-order valence-electron chi connectivity index (χ2n) is 5.85. The zero-order chi connectivity index (χ0) is 19.0. The first-order valence-electron chi connectivity index (χ1n) is 8.04. The van der Waals surface area contributed by atoms with Gasteiger partial charge in [-0.05, 0) is 37.3 Å². The van der Waals surface area contributed by atoms with Crippen LogP contribution in [-0.2, 0) is 9.59 Å². The van der Waals surface area contributed by atoms with Crippen molar-refractivity contribution in [3.05, 3.63) is 58.5 Å². The molecule has 0 fully saturated rings. The van der Waals surface area contributed by atoms with Gasteiger partial charge < -0.3 is 14.3 Å². The van der Waals surface area contributed by atoms with Crippen LogP contribution in [0.5, 0.6) is 5.75 Å². The van der Waals surface area contributed by atoms with Crippen LogP contribution in [0.1, 0.15) is 10.8 Å². The van der Waals surface area contributed by atoms with Crippen LogP contribution >= 0.6 is 11.3 Å². The molecule has 1 aromatic carbocycles. The minimum absolute atomic E-state index is 0.00375. The maximum atomic E-state index is 12.8. The monoisotopic (exact) mass is 382 g/mol. The van der Waals surface area contributed by atoms with Crippen LogP contribution in [0.4, 0.5) is 5.69 Å². The molecule has 4 rings (SSSR count). The van der Waals surface area contributed by atoms with Gasteiger partial charge in [0, 0.05) is 17.0 Å². The van der Waals surface area contributed by atoms with E-state index in [0.29, 0.717) is 17.2 Å². The van der Waals surface area contributed by atoms with Gasteiger partial charge in [-0.1, -0.05) is 0 Å². The Morgan fingerprint density at radius 3 is 2.89 bits per heavy atom. The number of carbonyl (C=O) groups is 2. The number of hydrogen-bond acceptors (Lipinski definition) is 6. The van der Waals surface area contributed by atoms with Crippen LogP contribution in [0.3, 0.4) is 0 Å². The number of benzene rings is 1. The number of carboxylic acid groups (broad SMARTS) is 1. The molecule has 1 aliphatic rings. The van der Waals surface area contributed by atoms with E-state index in [-0.39, 0.29) is 5.76 Å². The van der Waals surface area contributed by atoms with Crippen molar-refractivity contribution in [3.8, 4) is 17.0 Å². The number of carboxylic acids is 1. The minimum Gasteiger partial charge on any atom is -0.480 e. The fourth-order valence-corrected chi connectivity index (χ4v) is 3.38. The van der Waals surface area contributed by atoms with E-state index in [2.05, 4.69) is 4.98 Å². The highest BCUT2D eigenvalue weighted by molar-refractivity contribution is 7.09. The number of aromatic nitrogens is 1. The van der Waals surface area contributed by atoms with Crippen molar-refractivity contribution < 1.29 is 23.8 Å². The molecule has 3 heterocycles. The molecule has 8 heteroatoms. The Bertz CT molecular complexity index is 1050. The summed E-state index contributed by atoms with van der Waals surface area (Å²) in [5.74, 6) is -0.844. The lowest BCUT2D eigenvalue weighted by atomic mass is 10.1. The molecule has 2 aromatic heterocycles. The van der Waals surface area contributed by atoms with E-state index in [0.717, 1.165) is 16.3 Å². The molecule has 0 bridgehead atoms. The molecule has 1 amide bonds. The molecule has 1 N–H and O–H groups in total. The predicted octanol–water partition coefficient (Wildman–Crippen LogP) is 3.56. The number of thiazole rings is 1. The highest BCUT2D eigenvalue weighted by Crippen LogP contribution is 2.39. The van der Waals surface area contributed by atoms with Gasteiger partial charge in [0.05, 0.1) is 22.7 Å². The van der Waals surface area contributed by atoms with Gasteiger partial charge >= 0.3 is 5.97 Å². The lowest BCUT2D eigenvalue weighted by molar-refractivity contribution is -0.136. The number of amides is 1. The Morgan fingerprint density at radius 2 is 2.22 bits per heavy atom. The predicted molar refractivity (Wildman–Crippen MR) is 99.6 cm³/mol. The van der Waals surface area contributed by atoms with E-state index in [1.54, 1.807) is 24.3 Å². The summed E-state index contributed by atoms with van der Waals surface area (Å²) in [6, 6.07) is 8.61. The molecule has 0 aliphatic carbocycles. The summed E-state index contributed by atoms with van der Waals surface area (Å²) in [6.45, 7) is 1.42. The smallest absolute Gasteiger partial charge is 0.323 e. The summed E-state index contributed by atoms with van der Waals surface area (Å²) in [5, 5.41) is 12.1. The molecule has 0 saturated heterocycles. The van der Waals surface area contributed by atoms with Gasteiger partial charge in [0.1, 0.15) is 12.3 Å². The highest BCUT2D eigenvalue weighted by Gasteiger charge is 2.32. The van der Waals surface area contributed by atoms with Crippen molar-refractivity contribution in [2.75, 3.05) is 11.4 Å². The number of aryl methyl sites for hydroxylation is 1. The second-order valence-corrected chi connectivity index (χ2v) is 6.91. The van der Waals surface area contributed by atoms with E-state index in [1.165, 1.54) is 28.6 Å². The van der Waals surface area contributed by atoms with E-state index in [1.807, 2.05) is 18.4 Å². The standard InChI is InChI=1S/C19H14N2O5S/c1-11-20-14(10-27-11)12-4-5-16-15(7-12)21(9-18(22)23)19(24)17(26-16)8-13-3-2-6-25-13/h2-8,10H,9H2,1H3,(H,22,23)/b17-8+. The molecular weight excluding hydrogens is 368 g/mol. The van der Waals surface area contributed by atoms with Gasteiger partial charge in [0.2, 0.25) is 0 Å². The Morgan fingerprint density at radius 1 is 1.37 bits per heavy atom. The fourth-order valence-electron chi connectivity index (χ4n) is 2.76. The molecular formula is C19H14N2O5S. The third-order valence-electron chi connectivity index (χ3n) is 3.95. The number of anilines is 1. The molecule has 136 valence electrons. The molecule has 0 spiro atoms. The summed E-state index contributed by atoms with van der Waals surface area (Å²) < 4.78 is 10.9. The topological polar surface area (TPSA) is 92.9 Å². The van der Waals surface area contributed by atoms with Crippen molar-refractivity contribution >= 4 is 35.0 Å². The SMILES string of the molecule is Cc1nc(-c2ccc3c(c2)N(CC(=O)O)C(=O)/C(=C\c2ccco2)O3)cs1. The molecule has 0 radical (unpaired) electrons. The average molecular weight is 382 g/mol. The van der Waals surface area contributed by atoms with Crippen LogP contribution in [0, 0.1) is 6.92 Å². The van der Waals surface area contributed by atoms with Crippen molar-refractivity contribution in [2.45, 2.75) is 6.92 Å². The maximum Gasteiger partial charge on any atom is 0.323 e. The summed E-state index contributed by atoms with van der Waals surface area (Å²) in [5.41, 5.74) is 1.94. The minimum atomic E-state index is -1.12. The van der Waals surface area contributed by atoms with Crippen LogP contribution in [0.25, 0.3) is 17.3 Å². The number of nitrogens with zero attached hydrogens (tertiary/aromatic N) is 2. The Hall–Kier alpha value is -3.39. The van der Waals surface area contributed by atoms with Crippen LogP contribution in [-0.4, -0.2) is 28.5 Å². The molecule has 1 aliphatic heterocycles. The van der Waals surface area contributed by atoms with E-state index < -0.39 is 18.4 Å². The molecule has 0 saturated carbocycles. The van der Waals surface area contributed by atoms with E-state index in [9.17, 15) is 14.7 Å². The van der Waals surface area contributed by atoms with Crippen molar-refractivity contribution in [1.29, 1.82) is 0 Å². The third kappa shape index (κ3) is 3.34. The zero-order valence-corrected chi connectivity index (χ0v) is 15.0. The lowest BCUT2D eigenvalue weighted by Crippen LogP contribution is -2.40. The normalized spacial score (nSPS) is 14.9. The number of hydrogen-bond donors (Lipinski definition) is 1. The average Bonchev–Trinajstić information content (AvgIpc) is 3.30. The van der Waals surface area contributed by atoms with Crippen molar-refractivity contribution in [3.63, 3.8) is 0 Å². The van der Waals surface area contributed by atoms with Gasteiger partial charge in [-0.3, -0.25) is 14.5 Å². The quantitative estimate of drug-likeness (QED) is 0.694. The molecule has 0 unspecified atom stereocenters. The van der Waals surface area contributed by atoms with Crippen molar-refractivity contribution in [1.82, 2.24) is 4.98 Å².